The number of rotatable bonds is 19. The van der Waals surface area contributed by atoms with Gasteiger partial charge in [0.05, 0.1) is 19.3 Å². The summed E-state index contributed by atoms with van der Waals surface area (Å²) in [6.45, 7) is 3.16. The summed E-state index contributed by atoms with van der Waals surface area (Å²) in [4.78, 5) is 86.7. The van der Waals surface area contributed by atoms with E-state index in [1.165, 1.54) is 6.92 Å². The van der Waals surface area contributed by atoms with Crippen LogP contribution < -0.4 is 38.1 Å². The number of aliphatic hydroxyl groups excluding tert-OH is 2. The largest absolute Gasteiger partial charge is 0.480 e. The number of aliphatic carboxylic acids is 1. The van der Waals surface area contributed by atoms with E-state index < -0.39 is 90.3 Å². The lowest BCUT2D eigenvalue weighted by atomic mass is 10.0. The number of hydrogen-bond acceptors (Lipinski definition) is 10. The molecule has 0 aliphatic heterocycles. The first-order valence-electron chi connectivity index (χ1n) is 14.2. The van der Waals surface area contributed by atoms with Crippen LogP contribution in [0.15, 0.2) is 30.3 Å². The van der Waals surface area contributed by atoms with Gasteiger partial charge in [-0.3, -0.25) is 28.8 Å². The van der Waals surface area contributed by atoms with Crippen molar-refractivity contribution < 1.29 is 48.9 Å². The molecule has 6 amide bonds. The molecule has 6 atom stereocenters. The van der Waals surface area contributed by atoms with Crippen molar-refractivity contribution in [1.82, 2.24) is 26.6 Å². The number of carboxylic acids is 1. The van der Waals surface area contributed by atoms with E-state index in [1.54, 1.807) is 44.2 Å². The molecule has 1 aromatic rings. The van der Waals surface area contributed by atoms with E-state index in [-0.39, 0.29) is 25.8 Å². The maximum absolute atomic E-state index is 13.5. The third-order valence-electron chi connectivity index (χ3n) is 6.54. The van der Waals surface area contributed by atoms with Crippen LogP contribution in [0.4, 0.5) is 0 Å². The van der Waals surface area contributed by atoms with E-state index in [9.17, 15) is 48.9 Å². The molecule has 17 heteroatoms. The van der Waals surface area contributed by atoms with Crippen molar-refractivity contribution in [2.24, 2.45) is 17.4 Å². The summed E-state index contributed by atoms with van der Waals surface area (Å²) in [5.41, 5.74) is 11.0. The van der Waals surface area contributed by atoms with Gasteiger partial charge in [-0.25, -0.2) is 4.79 Å². The molecule has 0 radical (unpaired) electrons. The van der Waals surface area contributed by atoms with Gasteiger partial charge in [-0.15, -0.1) is 0 Å². The Bertz CT molecular complexity index is 1200. The highest BCUT2D eigenvalue weighted by atomic mass is 16.4. The molecule has 45 heavy (non-hydrogen) atoms. The number of carbonyl (C=O) groups is 7. The van der Waals surface area contributed by atoms with Crippen molar-refractivity contribution in [2.45, 2.75) is 76.3 Å². The maximum Gasteiger partial charge on any atom is 0.326 e. The molecule has 250 valence electrons. The Morgan fingerprint density at radius 1 is 0.756 bits per heavy atom. The van der Waals surface area contributed by atoms with Crippen molar-refractivity contribution in [1.29, 1.82) is 0 Å². The van der Waals surface area contributed by atoms with Gasteiger partial charge in [0.1, 0.15) is 30.2 Å². The highest BCUT2D eigenvalue weighted by Crippen LogP contribution is 2.08. The summed E-state index contributed by atoms with van der Waals surface area (Å²) in [7, 11) is 0. The Balaban J connectivity index is 3.16. The third-order valence-corrected chi connectivity index (χ3v) is 6.54. The van der Waals surface area contributed by atoms with Gasteiger partial charge in [0, 0.05) is 12.8 Å². The van der Waals surface area contributed by atoms with Gasteiger partial charge in [0.15, 0.2) is 0 Å². The topological polar surface area (TPSA) is 292 Å². The number of carboxylic acid groups (broad SMARTS) is 1. The number of nitrogens with one attached hydrogen (secondary N) is 5. The van der Waals surface area contributed by atoms with Crippen LogP contribution in [-0.2, 0) is 40.0 Å². The first-order chi connectivity index (χ1) is 21.1. The number of aliphatic hydroxyl groups is 2. The Hall–Kier alpha value is -4.61. The van der Waals surface area contributed by atoms with Gasteiger partial charge >= 0.3 is 5.97 Å². The Kier molecular flexibility index (Phi) is 16.2. The minimum absolute atomic E-state index is 0.0498. The second kappa shape index (κ2) is 18.9. The Labute approximate surface area is 259 Å². The molecule has 0 aromatic heterocycles. The normalized spacial score (nSPS) is 14.9. The fourth-order valence-electron chi connectivity index (χ4n) is 4.02. The number of primary amides is 1. The quantitative estimate of drug-likeness (QED) is 0.0697. The SMILES string of the molecule is CC(C)[C@H](NC(=O)CN)C(=O)N[C@@H](Cc1ccccc1)C(=O)N[C@H](C(=O)N[C@@H](CO)C(=O)N[C@@H](CCC(N)=O)C(=O)O)[C@@H](C)O. The van der Waals surface area contributed by atoms with Gasteiger partial charge < -0.3 is 53.4 Å². The van der Waals surface area contributed by atoms with Gasteiger partial charge in [0.2, 0.25) is 35.4 Å². The van der Waals surface area contributed by atoms with Crippen molar-refractivity contribution in [3.05, 3.63) is 35.9 Å². The minimum atomic E-state index is -1.70. The molecule has 17 nitrogen and oxygen atoms in total. The van der Waals surface area contributed by atoms with Gasteiger partial charge in [-0.05, 0) is 24.8 Å². The summed E-state index contributed by atoms with van der Waals surface area (Å²) < 4.78 is 0. The van der Waals surface area contributed by atoms with Crippen LogP contribution in [0.25, 0.3) is 0 Å². The molecule has 0 aliphatic carbocycles. The van der Waals surface area contributed by atoms with Gasteiger partial charge in [0.25, 0.3) is 0 Å². The Morgan fingerprint density at radius 2 is 1.29 bits per heavy atom. The number of hydrogen-bond donors (Lipinski definition) is 10. The van der Waals surface area contributed by atoms with Crippen LogP contribution in [0, 0.1) is 5.92 Å². The minimum Gasteiger partial charge on any atom is -0.480 e. The van der Waals surface area contributed by atoms with Crippen molar-refractivity contribution in [3.63, 3.8) is 0 Å². The molecule has 0 aliphatic rings. The smallest absolute Gasteiger partial charge is 0.326 e. The second-order valence-corrected chi connectivity index (χ2v) is 10.6. The van der Waals surface area contributed by atoms with Gasteiger partial charge in [-0.1, -0.05) is 44.2 Å². The van der Waals surface area contributed by atoms with E-state index in [2.05, 4.69) is 26.6 Å². The van der Waals surface area contributed by atoms with Crippen molar-refractivity contribution >= 4 is 41.4 Å². The molecule has 1 aromatic carbocycles. The van der Waals surface area contributed by atoms with Crippen LogP contribution in [0.3, 0.4) is 0 Å². The maximum atomic E-state index is 13.5. The van der Waals surface area contributed by atoms with E-state index in [1.807, 2.05) is 0 Å². The molecular formula is C28H43N7O10. The molecular weight excluding hydrogens is 594 g/mol. The lowest BCUT2D eigenvalue weighted by Crippen LogP contribution is -2.62. The zero-order valence-electron chi connectivity index (χ0n) is 25.3. The lowest BCUT2D eigenvalue weighted by molar-refractivity contribution is -0.143. The lowest BCUT2D eigenvalue weighted by Gasteiger charge is -2.28. The van der Waals surface area contributed by atoms with Gasteiger partial charge in [-0.2, -0.15) is 0 Å². The molecule has 0 unspecified atom stereocenters. The monoisotopic (exact) mass is 637 g/mol. The summed E-state index contributed by atoms with van der Waals surface area (Å²) in [6.07, 6.45) is -2.30. The highest BCUT2D eigenvalue weighted by Gasteiger charge is 2.34. The molecule has 0 saturated heterocycles. The molecule has 12 N–H and O–H groups in total. The van der Waals surface area contributed by atoms with Crippen LogP contribution in [0.2, 0.25) is 0 Å². The van der Waals surface area contributed by atoms with E-state index in [0.717, 1.165) is 0 Å². The molecule has 0 heterocycles. The second-order valence-electron chi connectivity index (χ2n) is 10.6. The highest BCUT2D eigenvalue weighted by molar-refractivity contribution is 5.96. The first-order valence-corrected chi connectivity index (χ1v) is 14.2. The van der Waals surface area contributed by atoms with E-state index in [0.29, 0.717) is 5.56 Å². The summed E-state index contributed by atoms with van der Waals surface area (Å²) in [5, 5.41) is 41.0. The fraction of sp³-hybridized carbons (Fsp3) is 0.536. The number of carbonyl (C=O) groups excluding carboxylic acids is 6. The molecule has 1 rings (SSSR count). The number of nitrogens with two attached hydrogens (primary N) is 2. The molecule has 0 spiro atoms. The standard InChI is InChI=1S/C28H43N7O10/c1-14(2)22(34-21(39)12-29)26(42)32-18(11-16-7-5-4-6-8-16)24(40)35-23(15(3)37)27(43)33-19(13-36)25(41)31-17(28(44)45)9-10-20(30)38/h4-8,14-15,17-19,22-23,36-37H,9-13,29H2,1-3H3,(H2,30,38)(H,31,41)(H,32,42)(H,33,43)(H,34,39)(H,35,40)(H,44,45)/t15-,17+,18+,19+,22+,23+/m1/s1. The average molecular weight is 638 g/mol. The van der Waals surface area contributed by atoms with E-state index >= 15 is 0 Å². The predicted molar refractivity (Wildman–Crippen MR) is 159 cm³/mol. The van der Waals surface area contributed by atoms with Crippen molar-refractivity contribution in [3.8, 4) is 0 Å². The first kappa shape index (κ1) is 38.4. The van der Waals surface area contributed by atoms with Crippen LogP contribution >= 0.6 is 0 Å². The van der Waals surface area contributed by atoms with Crippen LogP contribution in [0.5, 0.6) is 0 Å². The average Bonchev–Trinajstić information content (AvgIpc) is 2.98. The molecule has 0 saturated carbocycles. The number of amides is 6. The fourth-order valence-corrected chi connectivity index (χ4v) is 4.02. The summed E-state index contributed by atoms with van der Waals surface area (Å²) in [6, 6.07) is 1.23. The summed E-state index contributed by atoms with van der Waals surface area (Å²) >= 11 is 0. The zero-order chi connectivity index (χ0) is 34.3. The van der Waals surface area contributed by atoms with Crippen molar-refractivity contribution in [2.75, 3.05) is 13.2 Å². The van der Waals surface area contributed by atoms with Crippen LogP contribution in [-0.4, -0.2) is 106 Å². The summed E-state index contributed by atoms with van der Waals surface area (Å²) in [5.74, 6) is -7.12. The van der Waals surface area contributed by atoms with E-state index in [4.69, 9.17) is 11.5 Å². The Morgan fingerprint density at radius 3 is 1.78 bits per heavy atom. The molecule has 0 bridgehead atoms. The zero-order valence-corrected chi connectivity index (χ0v) is 25.3. The predicted octanol–water partition coefficient (Wildman–Crippen LogP) is -4.01. The van der Waals surface area contributed by atoms with Crippen LogP contribution in [0.1, 0.15) is 39.2 Å². The molecule has 0 fully saturated rings. The number of benzene rings is 1. The third kappa shape index (κ3) is 13.3.